The zero-order valence-electron chi connectivity index (χ0n) is 16.1. The van der Waals surface area contributed by atoms with Crippen molar-refractivity contribution in [2.45, 2.75) is 69.9 Å². The number of aromatic nitrogens is 2. The smallest absolute Gasteiger partial charge is 0.227 e. The van der Waals surface area contributed by atoms with Gasteiger partial charge < -0.3 is 15.3 Å². The summed E-state index contributed by atoms with van der Waals surface area (Å²) in [6.45, 7) is 3.23. The van der Waals surface area contributed by atoms with Gasteiger partial charge in [0.25, 0.3) is 0 Å². The molecule has 1 atom stereocenters. The molecule has 2 N–H and O–H groups in total. The van der Waals surface area contributed by atoms with Gasteiger partial charge in [-0.15, -0.1) is 0 Å². The van der Waals surface area contributed by atoms with Crippen LogP contribution in [0, 0.1) is 0 Å². The van der Waals surface area contributed by atoms with Gasteiger partial charge in [-0.05, 0) is 38.5 Å². The van der Waals surface area contributed by atoms with Crippen molar-refractivity contribution in [3.63, 3.8) is 0 Å². The van der Waals surface area contributed by atoms with Crippen molar-refractivity contribution >= 4 is 11.8 Å². The Morgan fingerprint density at radius 2 is 1.92 bits per heavy atom. The fourth-order valence-corrected chi connectivity index (χ4v) is 5.12. The lowest BCUT2D eigenvalue weighted by atomic mass is 9.92. The number of aliphatic hydroxyl groups excluding tert-OH is 1. The summed E-state index contributed by atoms with van der Waals surface area (Å²) in [7, 11) is 1.96. The van der Waals surface area contributed by atoms with E-state index in [2.05, 4.69) is 15.1 Å². The third-order valence-electron chi connectivity index (χ3n) is 6.48. The van der Waals surface area contributed by atoms with Gasteiger partial charge in [0.05, 0.1) is 5.69 Å². The monoisotopic (exact) mass is 359 g/mol. The number of rotatable bonds is 5. The molecule has 0 spiro atoms. The zero-order valence-corrected chi connectivity index (χ0v) is 16.1. The van der Waals surface area contributed by atoms with Crippen LogP contribution in [0.4, 0.5) is 11.8 Å². The van der Waals surface area contributed by atoms with Crippen LogP contribution in [0.15, 0.2) is 0 Å². The lowest BCUT2D eigenvalue weighted by Gasteiger charge is -2.46. The lowest BCUT2D eigenvalue weighted by molar-refractivity contribution is 0.0754. The second kappa shape index (κ2) is 8.09. The van der Waals surface area contributed by atoms with E-state index in [4.69, 9.17) is 9.97 Å². The van der Waals surface area contributed by atoms with E-state index >= 15 is 0 Å². The highest BCUT2D eigenvalue weighted by Crippen LogP contribution is 2.31. The van der Waals surface area contributed by atoms with Crippen LogP contribution in [-0.4, -0.2) is 65.3 Å². The number of hydrogen-bond donors (Lipinski definition) is 2. The first-order valence-corrected chi connectivity index (χ1v) is 10.5. The molecule has 1 saturated carbocycles. The number of fused-ring (bicyclic) bond motifs is 1. The number of aryl methyl sites for hydroxylation is 1. The van der Waals surface area contributed by atoms with Crippen molar-refractivity contribution in [2.24, 2.45) is 0 Å². The molecular formula is C20H33N5O. The zero-order chi connectivity index (χ0) is 17.9. The SMILES string of the molecule is CNc1nc(N2CCN(C3CCCCC3)[C@H](CCO)C2)nc2c1CCC2. The van der Waals surface area contributed by atoms with Crippen LogP contribution in [0.1, 0.15) is 56.2 Å². The molecule has 0 radical (unpaired) electrons. The maximum Gasteiger partial charge on any atom is 0.227 e. The average molecular weight is 360 g/mol. The molecule has 144 valence electrons. The van der Waals surface area contributed by atoms with Crippen molar-refractivity contribution in [2.75, 3.05) is 43.5 Å². The van der Waals surface area contributed by atoms with Gasteiger partial charge in [-0.2, -0.15) is 4.98 Å². The topological polar surface area (TPSA) is 64.5 Å². The van der Waals surface area contributed by atoms with Crippen molar-refractivity contribution in [3.8, 4) is 0 Å². The van der Waals surface area contributed by atoms with E-state index in [9.17, 15) is 5.11 Å². The maximum absolute atomic E-state index is 9.61. The lowest BCUT2D eigenvalue weighted by Crippen LogP contribution is -2.57. The highest BCUT2D eigenvalue weighted by molar-refractivity contribution is 5.53. The molecule has 1 aliphatic heterocycles. The van der Waals surface area contributed by atoms with Crippen molar-refractivity contribution < 1.29 is 5.11 Å². The summed E-state index contributed by atoms with van der Waals surface area (Å²) >= 11 is 0. The van der Waals surface area contributed by atoms with E-state index in [1.807, 2.05) is 7.05 Å². The number of nitrogens with zero attached hydrogens (tertiary/aromatic N) is 4. The Hall–Kier alpha value is -1.40. The van der Waals surface area contributed by atoms with E-state index in [1.54, 1.807) is 0 Å². The Morgan fingerprint density at radius 3 is 2.69 bits per heavy atom. The fourth-order valence-electron chi connectivity index (χ4n) is 5.12. The Labute approximate surface area is 157 Å². The maximum atomic E-state index is 9.61. The van der Waals surface area contributed by atoms with Crippen LogP contribution in [0.5, 0.6) is 0 Å². The second-order valence-corrected chi connectivity index (χ2v) is 8.04. The molecule has 1 aromatic heterocycles. The highest BCUT2D eigenvalue weighted by Gasteiger charge is 2.33. The number of nitrogens with one attached hydrogen (secondary N) is 1. The van der Waals surface area contributed by atoms with E-state index in [0.717, 1.165) is 50.7 Å². The van der Waals surface area contributed by atoms with Crippen molar-refractivity contribution in [1.29, 1.82) is 0 Å². The van der Waals surface area contributed by atoms with Crippen LogP contribution < -0.4 is 10.2 Å². The summed E-state index contributed by atoms with van der Waals surface area (Å²) in [4.78, 5) is 14.8. The van der Waals surface area contributed by atoms with Gasteiger partial charge in [0, 0.05) is 50.9 Å². The largest absolute Gasteiger partial charge is 0.396 e. The molecule has 1 aromatic rings. The van der Waals surface area contributed by atoms with Crippen LogP contribution >= 0.6 is 0 Å². The van der Waals surface area contributed by atoms with E-state index < -0.39 is 0 Å². The molecule has 4 rings (SSSR count). The van der Waals surface area contributed by atoms with Gasteiger partial charge in [0.15, 0.2) is 0 Å². The molecule has 1 saturated heterocycles. The molecule has 0 aromatic carbocycles. The van der Waals surface area contributed by atoms with E-state index in [-0.39, 0.29) is 6.61 Å². The molecule has 2 fully saturated rings. The molecular weight excluding hydrogens is 326 g/mol. The van der Waals surface area contributed by atoms with Crippen LogP contribution in [0.25, 0.3) is 0 Å². The van der Waals surface area contributed by atoms with Gasteiger partial charge in [-0.1, -0.05) is 19.3 Å². The average Bonchev–Trinajstić information content (AvgIpc) is 3.17. The van der Waals surface area contributed by atoms with Crippen LogP contribution in [0.2, 0.25) is 0 Å². The standard InChI is InChI=1S/C20H33N5O/c1-21-19-17-8-5-9-18(17)22-20(23-19)24-11-12-25(16(14-24)10-13-26)15-6-3-2-4-7-15/h15-16,26H,2-14H2,1H3,(H,21,22,23)/t16-/m1/s1. The molecule has 6 nitrogen and oxygen atoms in total. The predicted octanol–water partition coefficient (Wildman–Crippen LogP) is 2.21. The summed E-state index contributed by atoms with van der Waals surface area (Å²) in [5.74, 6) is 1.89. The molecule has 2 aliphatic carbocycles. The minimum atomic E-state index is 0.258. The Bertz CT molecular complexity index is 616. The van der Waals surface area contributed by atoms with Crippen LogP contribution in [-0.2, 0) is 12.8 Å². The number of piperazine rings is 1. The Morgan fingerprint density at radius 1 is 1.08 bits per heavy atom. The highest BCUT2D eigenvalue weighted by atomic mass is 16.3. The number of anilines is 2. The van der Waals surface area contributed by atoms with Gasteiger partial charge in [-0.3, -0.25) is 4.90 Å². The van der Waals surface area contributed by atoms with E-state index in [1.165, 1.54) is 49.8 Å². The molecule has 2 heterocycles. The van der Waals surface area contributed by atoms with Gasteiger partial charge in [-0.25, -0.2) is 4.98 Å². The van der Waals surface area contributed by atoms with Crippen LogP contribution in [0.3, 0.4) is 0 Å². The van der Waals surface area contributed by atoms with Crippen molar-refractivity contribution in [3.05, 3.63) is 11.3 Å². The minimum Gasteiger partial charge on any atom is -0.396 e. The first-order valence-electron chi connectivity index (χ1n) is 10.5. The molecule has 0 amide bonds. The number of aliphatic hydroxyl groups is 1. The summed E-state index contributed by atoms with van der Waals surface area (Å²) in [6, 6.07) is 1.11. The predicted molar refractivity (Wildman–Crippen MR) is 105 cm³/mol. The normalized spacial score (nSPS) is 24.7. The minimum absolute atomic E-state index is 0.258. The Balaban J connectivity index is 1.52. The van der Waals surface area contributed by atoms with E-state index in [0.29, 0.717) is 12.1 Å². The molecule has 6 heteroatoms. The summed E-state index contributed by atoms with van der Waals surface area (Å²) in [6.07, 6.45) is 10.9. The van der Waals surface area contributed by atoms with Crippen molar-refractivity contribution in [1.82, 2.24) is 14.9 Å². The fraction of sp³-hybridized carbons (Fsp3) is 0.800. The third kappa shape index (κ3) is 3.54. The molecule has 0 unspecified atom stereocenters. The first kappa shape index (κ1) is 18.0. The third-order valence-corrected chi connectivity index (χ3v) is 6.48. The molecule has 26 heavy (non-hydrogen) atoms. The van der Waals surface area contributed by atoms with Gasteiger partial charge in [0.2, 0.25) is 5.95 Å². The quantitative estimate of drug-likeness (QED) is 0.840. The second-order valence-electron chi connectivity index (χ2n) is 8.04. The molecule has 0 bridgehead atoms. The van der Waals surface area contributed by atoms with Gasteiger partial charge >= 0.3 is 0 Å². The summed E-state index contributed by atoms with van der Waals surface area (Å²) in [5, 5.41) is 12.9. The Kier molecular flexibility index (Phi) is 5.60. The summed E-state index contributed by atoms with van der Waals surface area (Å²) in [5.41, 5.74) is 2.54. The first-order chi connectivity index (χ1) is 12.8. The molecule has 3 aliphatic rings. The van der Waals surface area contributed by atoms with Gasteiger partial charge in [0.1, 0.15) is 5.82 Å². The summed E-state index contributed by atoms with van der Waals surface area (Å²) < 4.78 is 0. The number of hydrogen-bond acceptors (Lipinski definition) is 6.